The van der Waals surface area contributed by atoms with Crippen LogP contribution >= 0.6 is 0 Å². The summed E-state index contributed by atoms with van der Waals surface area (Å²) < 4.78 is 5.26. The number of amides is 1. The van der Waals surface area contributed by atoms with Crippen LogP contribution in [0.3, 0.4) is 0 Å². The van der Waals surface area contributed by atoms with E-state index in [1.54, 1.807) is 30.5 Å². The molecule has 1 N–H and O–H groups in total. The van der Waals surface area contributed by atoms with Gasteiger partial charge in [-0.2, -0.15) is 5.26 Å². The highest BCUT2D eigenvalue weighted by Crippen LogP contribution is 2.19. The van der Waals surface area contributed by atoms with Crippen LogP contribution in [0.2, 0.25) is 0 Å². The van der Waals surface area contributed by atoms with Crippen molar-refractivity contribution in [2.45, 2.75) is 19.8 Å². The minimum atomic E-state index is -0.549. The van der Waals surface area contributed by atoms with Crippen LogP contribution < -0.4 is 10.2 Å². The molecule has 1 heterocycles. The molecule has 1 saturated heterocycles. The van der Waals surface area contributed by atoms with Crippen LogP contribution in [-0.4, -0.2) is 49.6 Å². The lowest BCUT2D eigenvalue weighted by molar-refractivity contribution is -0.112. The lowest BCUT2D eigenvalue weighted by Gasteiger charge is -2.35. The Morgan fingerprint density at radius 3 is 2.44 bits per heavy atom. The predicted octanol–water partition coefficient (Wildman–Crippen LogP) is 3.81. The second-order valence-corrected chi connectivity index (χ2v) is 7.50. The van der Waals surface area contributed by atoms with Crippen LogP contribution in [0.4, 0.5) is 11.4 Å². The second-order valence-electron chi connectivity index (χ2n) is 7.50. The largest absolute Gasteiger partial charge is 0.462 e. The summed E-state index contributed by atoms with van der Waals surface area (Å²) in [6.45, 7) is 5.34. The molecule has 0 spiro atoms. The van der Waals surface area contributed by atoms with Crippen molar-refractivity contribution in [1.29, 1.82) is 5.26 Å². The molecular formula is C25H28N4O3. The fourth-order valence-corrected chi connectivity index (χ4v) is 3.42. The average molecular weight is 433 g/mol. The van der Waals surface area contributed by atoms with E-state index in [0.717, 1.165) is 31.6 Å². The molecule has 1 aliphatic rings. The molecule has 7 heteroatoms. The molecule has 1 amide bonds. The fourth-order valence-electron chi connectivity index (χ4n) is 3.42. The van der Waals surface area contributed by atoms with Crippen LogP contribution in [0.15, 0.2) is 66.4 Å². The third kappa shape index (κ3) is 6.11. The molecule has 0 aliphatic carbocycles. The van der Waals surface area contributed by atoms with Gasteiger partial charge in [0.15, 0.2) is 0 Å². The number of piperazine rings is 1. The number of esters is 1. The maximum Gasteiger partial charge on any atom is 0.340 e. The molecule has 0 radical (unpaired) electrons. The van der Waals surface area contributed by atoms with Gasteiger partial charge in [-0.3, -0.25) is 4.79 Å². The van der Waals surface area contributed by atoms with Crippen molar-refractivity contribution in [2.24, 2.45) is 0 Å². The van der Waals surface area contributed by atoms with Crippen molar-refractivity contribution in [3.05, 3.63) is 71.9 Å². The molecule has 2 aromatic rings. The Hall–Kier alpha value is -3.79. The first-order chi connectivity index (χ1) is 15.6. The molecule has 1 aliphatic heterocycles. The van der Waals surface area contributed by atoms with Crippen LogP contribution in [0.25, 0.3) is 0 Å². The third-order valence-corrected chi connectivity index (χ3v) is 5.24. The van der Waals surface area contributed by atoms with Crippen LogP contribution in [0.1, 0.15) is 30.1 Å². The van der Waals surface area contributed by atoms with E-state index in [-0.39, 0.29) is 11.1 Å². The fraction of sp³-hybridized carbons (Fsp3) is 0.320. The number of anilines is 2. The lowest BCUT2D eigenvalue weighted by Crippen LogP contribution is -2.44. The van der Waals surface area contributed by atoms with Crippen LogP contribution in [0.5, 0.6) is 0 Å². The molecular weight excluding hydrogens is 404 g/mol. The summed E-state index contributed by atoms with van der Waals surface area (Å²) in [5.74, 6) is -1.04. The zero-order chi connectivity index (χ0) is 22.8. The number of unbranched alkanes of at least 4 members (excludes halogenated alkanes) is 1. The number of hydrogen-bond acceptors (Lipinski definition) is 6. The number of rotatable bonds is 8. The number of hydrogen-bond donors (Lipinski definition) is 1. The summed E-state index contributed by atoms with van der Waals surface area (Å²) in [6.07, 6.45) is 3.29. The Morgan fingerprint density at radius 1 is 1.06 bits per heavy atom. The molecule has 0 bridgehead atoms. The zero-order valence-corrected chi connectivity index (χ0v) is 18.3. The Labute approximate surface area is 188 Å². The standard InChI is InChI=1S/C25H28N4O3/c1-2-3-17-32-25(31)22-11-7-8-12-23(22)27-24(30)20(18-26)19-28-13-15-29(16-14-28)21-9-5-4-6-10-21/h4-12,19H,2-3,13-17H2,1H3,(H,27,30)/b20-19-. The van der Waals surface area contributed by atoms with E-state index in [1.807, 2.05) is 36.1 Å². The maximum absolute atomic E-state index is 12.7. The third-order valence-electron chi connectivity index (χ3n) is 5.24. The quantitative estimate of drug-likeness (QED) is 0.295. The molecule has 0 unspecified atom stereocenters. The predicted molar refractivity (Wildman–Crippen MR) is 124 cm³/mol. The highest BCUT2D eigenvalue weighted by molar-refractivity contribution is 6.09. The minimum Gasteiger partial charge on any atom is -0.462 e. The molecule has 32 heavy (non-hydrogen) atoms. The molecule has 0 saturated carbocycles. The first-order valence-electron chi connectivity index (χ1n) is 10.9. The smallest absolute Gasteiger partial charge is 0.340 e. The number of nitrogens with zero attached hydrogens (tertiary/aromatic N) is 3. The van der Waals surface area contributed by atoms with Crippen LogP contribution in [-0.2, 0) is 9.53 Å². The van der Waals surface area contributed by atoms with E-state index in [2.05, 4.69) is 22.3 Å². The molecule has 166 valence electrons. The summed E-state index contributed by atoms with van der Waals surface area (Å²) in [7, 11) is 0. The first-order valence-corrected chi connectivity index (χ1v) is 10.9. The molecule has 1 fully saturated rings. The molecule has 3 rings (SSSR count). The summed E-state index contributed by atoms with van der Waals surface area (Å²) in [5.41, 5.74) is 1.75. The summed E-state index contributed by atoms with van der Waals surface area (Å²) >= 11 is 0. The van der Waals surface area contributed by atoms with E-state index in [4.69, 9.17) is 4.74 Å². The molecule has 2 aromatic carbocycles. The number of ether oxygens (including phenoxy) is 1. The van der Waals surface area contributed by atoms with Crippen molar-refractivity contribution in [1.82, 2.24) is 4.90 Å². The van der Waals surface area contributed by atoms with E-state index >= 15 is 0 Å². The van der Waals surface area contributed by atoms with Gasteiger partial charge in [0, 0.05) is 38.1 Å². The van der Waals surface area contributed by atoms with Gasteiger partial charge in [-0.25, -0.2) is 4.79 Å². The van der Waals surface area contributed by atoms with Gasteiger partial charge in [0.2, 0.25) is 0 Å². The number of carbonyl (C=O) groups excluding carboxylic acids is 2. The zero-order valence-electron chi connectivity index (χ0n) is 18.3. The van der Waals surface area contributed by atoms with E-state index < -0.39 is 11.9 Å². The molecule has 0 atom stereocenters. The summed E-state index contributed by atoms with van der Waals surface area (Å²) in [5, 5.41) is 12.2. The average Bonchev–Trinajstić information content (AvgIpc) is 2.84. The second kappa shape index (κ2) is 11.6. The monoisotopic (exact) mass is 432 g/mol. The number of nitriles is 1. The van der Waals surface area contributed by atoms with Gasteiger partial charge in [-0.15, -0.1) is 0 Å². The van der Waals surface area contributed by atoms with Crippen LogP contribution in [0, 0.1) is 11.3 Å². The Kier molecular flexibility index (Phi) is 8.27. The maximum atomic E-state index is 12.7. The normalized spacial score (nSPS) is 13.9. The van der Waals surface area contributed by atoms with Gasteiger partial charge >= 0.3 is 5.97 Å². The van der Waals surface area contributed by atoms with Gasteiger partial charge in [-0.1, -0.05) is 43.7 Å². The lowest BCUT2D eigenvalue weighted by atomic mass is 10.1. The van der Waals surface area contributed by atoms with Crippen molar-refractivity contribution in [3.63, 3.8) is 0 Å². The Balaban J connectivity index is 1.63. The number of para-hydroxylation sites is 2. The van der Waals surface area contributed by atoms with Gasteiger partial charge in [0.25, 0.3) is 5.91 Å². The summed E-state index contributed by atoms with van der Waals surface area (Å²) in [6, 6.07) is 18.8. The van der Waals surface area contributed by atoms with Gasteiger partial charge in [-0.05, 0) is 30.7 Å². The van der Waals surface area contributed by atoms with Crippen molar-refractivity contribution in [2.75, 3.05) is 43.0 Å². The number of nitrogens with one attached hydrogen (secondary N) is 1. The number of benzene rings is 2. The van der Waals surface area contributed by atoms with Gasteiger partial charge in [0.1, 0.15) is 11.6 Å². The Bertz CT molecular complexity index is 990. The van der Waals surface area contributed by atoms with Crippen molar-refractivity contribution in [3.8, 4) is 6.07 Å². The number of carbonyl (C=O) groups is 2. The van der Waals surface area contributed by atoms with E-state index in [0.29, 0.717) is 25.4 Å². The molecule has 7 nitrogen and oxygen atoms in total. The Morgan fingerprint density at radius 2 is 1.75 bits per heavy atom. The topological polar surface area (TPSA) is 85.7 Å². The highest BCUT2D eigenvalue weighted by Gasteiger charge is 2.19. The summed E-state index contributed by atoms with van der Waals surface area (Å²) in [4.78, 5) is 29.4. The highest BCUT2D eigenvalue weighted by atomic mass is 16.5. The molecule has 0 aromatic heterocycles. The van der Waals surface area contributed by atoms with Gasteiger partial charge in [0.05, 0.1) is 17.9 Å². The van der Waals surface area contributed by atoms with Crippen molar-refractivity contribution >= 4 is 23.3 Å². The van der Waals surface area contributed by atoms with E-state index in [9.17, 15) is 14.9 Å². The van der Waals surface area contributed by atoms with Crippen molar-refractivity contribution < 1.29 is 14.3 Å². The minimum absolute atomic E-state index is 0.00712. The first kappa shape index (κ1) is 22.9. The van der Waals surface area contributed by atoms with E-state index in [1.165, 1.54) is 0 Å². The SMILES string of the molecule is CCCCOC(=O)c1ccccc1NC(=O)/C(C#N)=C\N1CCN(c2ccccc2)CC1. The van der Waals surface area contributed by atoms with Gasteiger partial charge < -0.3 is 19.9 Å².